The van der Waals surface area contributed by atoms with Crippen LogP contribution in [0.5, 0.6) is 0 Å². The van der Waals surface area contributed by atoms with Gasteiger partial charge in [0, 0.05) is 27.7 Å². The molecular formula is C42H34O4. The van der Waals surface area contributed by atoms with Crippen molar-refractivity contribution in [1.82, 2.24) is 0 Å². The quantitative estimate of drug-likeness (QED) is 0.188. The summed E-state index contributed by atoms with van der Waals surface area (Å²) in [7, 11) is 0. The Morgan fingerprint density at radius 3 is 1.83 bits per heavy atom. The van der Waals surface area contributed by atoms with Crippen molar-refractivity contribution < 1.29 is 18.9 Å². The SMILES string of the molecule is CC1(C)COC2(OC1)c1cc(-c3cc4c5c(cccc5c3)-c3ccccc3C43OCCCO3)ccc1-c1cccc3cccc2c13. The molecule has 0 aromatic heterocycles. The molecule has 0 N–H and O–H groups in total. The monoisotopic (exact) mass is 602 g/mol. The van der Waals surface area contributed by atoms with E-state index in [9.17, 15) is 0 Å². The van der Waals surface area contributed by atoms with Crippen LogP contribution in [-0.4, -0.2) is 26.4 Å². The minimum absolute atomic E-state index is 0.0722. The number of ether oxygens (including phenoxy) is 4. The molecule has 2 fully saturated rings. The number of hydrogen-bond acceptors (Lipinski definition) is 4. The molecule has 0 unspecified atom stereocenters. The number of rotatable bonds is 1. The minimum Gasteiger partial charge on any atom is -0.342 e. The molecule has 226 valence electrons. The smallest absolute Gasteiger partial charge is 0.223 e. The van der Waals surface area contributed by atoms with Crippen molar-refractivity contribution in [3.05, 3.63) is 131 Å². The Hall–Kier alpha value is -4.32. The first-order chi connectivity index (χ1) is 22.5. The van der Waals surface area contributed by atoms with Gasteiger partial charge in [-0.3, -0.25) is 0 Å². The van der Waals surface area contributed by atoms with Crippen molar-refractivity contribution in [2.24, 2.45) is 5.41 Å². The van der Waals surface area contributed by atoms with Gasteiger partial charge in [-0.25, -0.2) is 0 Å². The Labute approximate surface area is 268 Å². The third-order valence-electron chi connectivity index (χ3n) is 10.4. The lowest BCUT2D eigenvalue weighted by Gasteiger charge is -2.47. The van der Waals surface area contributed by atoms with E-state index in [1.165, 1.54) is 38.2 Å². The molecule has 0 bridgehead atoms. The lowest BCUT2D eigenvalue weighted by molar-refractivity contribution is -0.283. The second-order valence-corrected chi connectivity index (χ2v) is 14.0. The molecule has 0 radical (unpaired) electrons. The summed E-state index contributed by atoms with van der Waals surface area (Å²) in [6, 6.07) is 39.6. The first-order valence-corrected chi connectivity index (χ1v) is 16.4. The molecule has 2 heterocycles. The molecular weight excluding hydrogens is 568 g/mol. The highest BCUT2D eigenvalue weighted by Crippen LogP contribution is 2.55. The molecule has 0 amide bonds. The summed E-state index contributed by atoms with van der Waals surface area (Å²) in [5, 5.41) is 4.78. The Morgan fingerprint density at radius 1 is 0.457 bits per heavy atom. The largest absolute Gasteiger partial charge is 0.342 e. The Morgan fingerprint density at radius 2 is 1.04 bits per heavy atom. The molecule has 4 nitrogen and oxygen atoms in total. The summed E-state index contributed by atoms with van der Waals surface area (Å²) in [6.07, 6.45) is 0.881. The van der Waals surface area contributed by atoms with Crippen LogP contribution in [0.15, 0.2) is 109 Å². The third-order valence-corrected chi connectivity index (χ3v) is 10.4. The van der Waals surface area contributed by atoms with Crippen LogP contribution in [-0.2, 0) is 30.5 Å². The fraction of sp³-hybridized carbons (Fsp3) is 0.238. The van der Waals surface area contributed by atoms with E-state index < -0.39 is 11.6 Å². The van der Waals surface area contributed by atoms with Crippen LogP contribution >= 0.6 is 0 Å². The predicted octanol–water partition coefficient (Wildman–Crippen LogP) is 9.53. The summed E-state index contributed by atoms with van der Waals surface area (Å²) in [4.78, 5) is 0. The Bertz CT molecular complexity index is 2220. The molecule has 10 rings (SSSR count). The average Bonchev–Trinajstić information content (AvgIpc) is 3.10. The van der Waals surface area contributed by atoms with E-state index in [0.717, 1.165) is 45.4 Å². The summed E-state index contributed by atoms with van der Waals surface area (Å²) in [5.74, 6) is -1.93. The molecule has 46 heavy (non-hydrogen) atoms. The zero-order chi connectivity index (χ0) is 30.7. The predicted molar refractivity (Wildman–Crippen MR) is 182 cm³/mol. The van der Waals surface area contributed by atoms with Crippen molar-refractivity contribution >= 4 is 21.5 Å². The molecule has 2 aliphatic carbocycles. The lowest BCUT2D eigenvalue weighted by Crippen LogP contribution is -2.47. The molecule has 2 spiro atoms. The number of fused-ring (bicyclic) bond motifs is 8. The number of benzene rings is 6. The zero-order valence-corrected chi connectivity index (χ0v) is 26.1. The molecule has 2 saturated heterocycles. The van der Waals surface area contributed by atoms with Crippen molar-refractivity contribution in [2.45, 2.75) is 31.8 Å². The van der Waals surface area contributed by atoms with Gasteiger partial charge >= 0.3 is 0 Å². The third kappa shape index (κ3) is 3.53. The van der Waals surface area contributed by atoms with Crippen LogP contribution in [0.4, 0.5) is 0 Å². The minimum atomic E-state index is -0.983. The lowest BCUT2D eigenvalue weighted by atomic mass is 9.76. The van der Waals surface area contributed by atoms with Crippen molar-refractivity contribution in [2.75, 3.05) is 26.4 Å². The summed E-state index contributed by atoms with van der Waals surface area (Å²) < 4.78 is 27.1. The molecule has 4 aliphatic rings. The topological polar surface area (TPSA) is 36.9 Å². The summed E-state index contributed by atoms with van der Waals surface area (Å²) in [5.41, 5.74) is 11.2. The Balaban J connectivity index is 1.22. The van der Waals surface area contributed by atoms with Crippen LogP contribution in [0.25, 0.3) is 54.9 Å². The van der Waals surface area contributed by atoms with Gasteiger partial charge in [0.15, 0.2) is 0 Å². The first kappa shape index (κ1) is 26.9. The highest BCUT2D eigenvalue weighted by atomic mass is 16.7. The maximum absolute atomic E-state index is 6.89. The molecule has 2 aliphatic heterocycles. The van der Waals surface area contributed by atoms with Gasteiger partial charge < -0.3 is 18.9 Å². The zero-order valence-electron chi connectivity index (χ0n) is 26.1. The standard InChI is InChI=1S/C42H34O4/c1-40(2)24-45-42(46-25-40)35-16-7-10-26-9-5-13-33(38(26)35)31-18-17-27(22-36(31)42)29-21-28-11-6-14-32-30-12-3-4-15-34(30)41(37(23-29)39(28)32)43-19-8-20-44-41/h3-7,9-18,21-23H,8,19-20,24-25H2,1-2H3. The van der Waals surface area contributed by atoms with Gasteiger partial charge in [-0.05, 0) is 79.5 Å². The van der Waals surface area contributed by atoms with Crippen LogP contribution in [0, 0.1) is 5.41 Å². The number of hydrogen-bond donors (Lipinski definition) is 0. The van der Waals surface area contributed by atoms with Crippen LogP contribution in [0.3, 0.4) is 0 Å². The summed E-state index contributed by atoms with van der Waals surface area (Å²) >= 11 is 0. The van der Waals surface area contributed by atoms with E-state index in [2.05, 4.69) is 123 Å². The highest BCUT2D eigenvalue weighted by Gasteiger charge is 2.49. The molecule has 0 atom stereocenters. The highest BCUT2D eigenvalue weighted by molar-refractivity contribution is 6.06. The maximum Gasteiger partial charge on any atom is 0.223 e. The molecule has 4 heteroatoms. The van der Waals surface area contributed by atoms with Crippen molar-refractivity contribution in [3.8, 4) is 33.4 Å². The van der Waals surface area contributed by atoms with Gasteiger partial charge in [-0.2, -0.15) is 0 Å². The van der Waals surface area contributed by atoms with Gasteiger partial charge in [-0.15, -0.1) is 0 Å². The van der Waals surface area contributed by atoms with Gasteiger partial charge in [0.05, 0.1) is 26.4 Å². The second-order valence-electron chi connectivity index (χ2n) is 14.0. The molecule has 0 saturated carbocycles. The van der Waals surface area contributed by atoms with E-state index in [0.29, 0.717) is 26.4 Å². The molecule has 6 aromatic rings. The van der Waals surface area contributed by atoms with Gasteiger partial charge in [0.1, 0.15) is 0 Å². The fourth-order valence-electron chi connectivity index (χ4n) is 8.28. The normalized spacial score (nSPS) is 19.7. The van der Waals surface area contributed by atoms with Crippen molar-refractivity contribution in [1.29, 1.82) is 0 Å². The summed E-state index contributed by atoms with van der Waals surface area (Å²) in [6.45, 7) is 6.92. The van der Waals surface area contributed by atoms with E-state index in [4.69, 9.17) is 18.9 Å². The maximum atomic E-state index is 6.89. The van der Waals surface area contributed by atoms with Gasteiger partial charge in [0.25, 0.3) is 0 Å². The van der Waals surface area contributed by atoms with Gasteiger partial charge in [-0.1, -0.05) is 105 Å². The van der Waals surface area contributed by atoms with E-state index in [1.54, 1.807) is 0 Å². The van der Waals surface area contributed by atoms with Crippen molar-refractivity contribution in [3.63, 3.8) is 0 Å². The Kier molecular flexibility index (Phi) is 5.47. The first-order valence-electron chi connectivity index (χ1n) is 16.4. The second kappa shape index (κ2) is 9.37. The van der Waals surface area contributed by atoms with E-state index >= 15 is 0 Å². The van der Waals surface area contributed by atoms with Crippen LogP contribution in [0.1, 0.15) is 42.5 Å². The van der Waals surface area contributed by atoms with Crippen LogP contribution < -0.4 is 0 Å². The fourth-order valence-corrected chi connectivity index (χ4v) is 8.28. The average molecular weight is 603 g/mol. The van der Waals surface area contributed by atoms with E-state index in [1.807, 2.05) is 0 Å². The van der Waals surface area contributed by atoms with Crippen LogP contribution in [0.2, 0.25) is 0 Å². The van der Waals surface area contributed by atoms with E-state index in [-0.39, 0.29) is 5.41 Å². The molecule has 6 aromatic carbocycles. The van der Waals surface area contributed by atoms with Gasteiger partial charge in [0.2, 0.25) is 11.6 Å².